The average Bonchev–Trinajstić information content (AvgIpc) is 2.59. The maximum Gasteiger partial charge on any atom is 0.335 e. The molecular formula is C21H23NO3. The summed E-state index contributed by atoms with van der Waals surface area (Å²) in [6, 6.07) is 17.3. The van der Waals surface area contributed by atoms with E-state index < -0.39 is 5.97 Å². The highest BCUT2D eigenvalue weighted by molar-refractivity contribution is 5.87. The van der Waals surface area contributed by atoms with E-state index in [2.05, 4.69) is 29.6 Å². The molecule has 4 heteroatoms. The number of hydrogen-bond donors (Lipinski definition) is 2. The van der Waals surface area contributed by atoms with Crippen LogP contribution in [0.25, 0.3) is 0 Å². The van der Waals surface area contributed by atoms with Gasteiger partial charge in [-0.2, -0.15) is 0 Å². The number of carbonyl (C=O) groups is 2. The molecule has 1 aliphatic carbocycles. The molecule has 1 fully saturated rings. The molecule has 3 rings (SSSR count). The van der Waals surface area contributed by atoms with Crippen molar-refractivity contribution in [1.29, 1.82) is 0 Å². The molecule has 1 aliphatic rings. The van der Waals surface area contributed by atoms with Crippen LogP contribution in [0.15, 0.2) is 54.6 Å². The Balaban J connectivity index is 1.37. The number of amides is 1. The monoisotopic (exact) mass is 337 g/mol. The Morgan fingerprint density at radius 1 is 1.04 bits per heavy atom. The topological polar surface area (TPSA) is 66.4 Å². The van der Waals surface area contributed by atoms with Gasteiger partial charge in [-0.05, 0) is 54.4 Å². The number of rotatable bonds is 7. The molecule has 0 atom stereocenters. The Kier molecular flexibility index (Phi) is 5.49. The Hall–Kier alpha value is -2.62. The summed E-state index contributed by atoms with van der Waals surface area (Å²) in [5.41, 5.74) is 2.58. The fraction of sp³-hybridized carbons (Fsp3) is 0.333. The minimum atomic E-state index is -0.927. The molecule has 2 aromatic rings. The van der Waals surface area contributed by atoms with Gasteiger partial charge in [-0.3, -0.25) is 4.79 Å². The quantitative estimate of drug-likeness (QED) is 0.811. The van der Waals surface area contributed by atoms with Gasteiger partial charge in [0.05, 0.1) is 5.56 Å². The summed E-state index contributed by atoms with van der Waals surface area (Å²) in [6.45, 7) is 0.538. The molecule has 0 aliphatic heterocycles. The third-order valence-electron chi connectivity index (χ3n) is 4.89. The molecule has 1 amide bonds. The zero-order valence-corrected chi connectivity index (χ0v) is 14.2. The molecule has 4 nitrogen and oxygen atoms in total. The predicted octanol–water partition coefficient (Wildman–Crippen LogP) is 3.63. The van der Waals surface area contributed by atoms with Gasteiger partial charge in [0.15, 0.2) is 0 Å². The van der Waals surface area contributed by atoms with E-state index in [0.29, 0.717) is 31.2 Å². The van der Waals surface area contributed by atoms with E-state index >= 15 is 0 Å². The van der Waals surface area contributed by atoms with Gasteiger partial charge in [0.2, 0.25) is 5.91 Å². The van der Waals surface area contributed by atoms with Crippen molar-refractivity contribution in [3.8, 4) is 0 Å². The van der Waals surface area contributed by atoms with Crippen molar-refractivity contribution in [1.82, 2.24) is 5.32 Å². The van der Waals surface area contributed by atoms with Crippen molar-refractivity contribution < 1.29 is 14.7 Å². The molecule has 2 aromatic carbocycles. The summed E-state index contributed by atoms with van der Waals surface area (Å²) in [5.74, 6) is 0.230. The highest BCUT2D eigenvalue weighted by Crippen LogP contribution is 2.43. The Bertz CT molecular complexity index is 736. The lowest BCUT2D eigenvalue weighted by Gasteiger charge is -2.35. The van der Waals surface area contributed by atoms with Crippen molar-refractivity contribution in [3.63, 3.8) is 0 Å². The summed E-state index contributed by atoms with van der Waals surface area (Å²) in [6.07, 6.45) is 3.39. The lowest BCUT2D eigenvalue weighted by Crippen LogP contribution is -2.31. The van der Waals surface area contributed by atoms with Crippen LogP contribution >= 0.6 is 0 Å². The van der Waals surface area contributed by atoms with Crippen LogP contribution in [0, 0.1) is 5.92 Å². The fourth-order valence-corrected chi connectivity index (χ4v) is 3.44. The molecule has 130 valence electrons. The van der Waals surface area contributed by atoms with E-state index in [0.717, 1.165) is 18.4 Å². The summed E-state index contributed by atoms with van der Waals surface area (Å²) in [5, 5.41) is 11.9. The standard InChI is InChI=1S/C21H23NO3/c23-20(14-16-12-19(13-16)17-6-2-1-3-7-17)22-10-9-15-5-4-8-18(11-15)21(24)25/h1-8,11,16,19H,9-10,12-14H2,(H,22,23)(H,24,25). The van der Waals surface area contributed by atoms with Gasteiger partial charge in [0.1, 0.15) is 0 Å². The molecule has 2 N–H and O–H groups in total. The van der Waals surface area contributed by atoms with Gasteiger partial charge in [-0.25, -0.2) is 4.79 Å². The maximum absolute atomic E-state index is 12.0. The first-order chi connectivity index (χ1) is 12.1. The van der Waals surface area contributed by atoms with Crippen LogP contribution in [0.4, 0.5) is 0 Å². The van der Waals surface area contributed by atoms with Crippen molar-refractivity contribution in [2.45, 2.75) is 31.6 Å². The normalized spacial score (nSPS) is 19.0. The molecule has 0 spiro atoms. The van der Waals surface area contributed by atoms with E-state index in [1.165, 1.54) is 5.56 Å². The molecular weight excluding hydrogens is 314 g/mol. The molecule has 25 heavy (non-hydrogen) atoms. The first-order valence-corrected chi connectivity index (χ1v) is 8.75. The number of hydrogen-bond acceptors (Lipinski definition) is 2. The lowest BCUT2D eigenvalue weighted by molar-refractivity contribution is -0.122. The molecule has 0 radical (unpaired) electrons. The van der Waals surface area contributed by atoms with Crippen LogP contribution in [-0.4, -0.2) is 23.5 Å². The summed E-state index contributed by atoms with van der Waals surface area (Å²) in [4.78, 5) is 23.0. The Labute approximate surface area is 147 Å². The summed E-state index contributed by atoms with van der Waals surface area (Å²) in [7, 11) is 0. The number of carboxylic acid groups (broad SMARTS) is 1. The van der Waals surface area contributed by atoms with Crippen LogP contribution in [0.2, 0.25) is 0 Å². The van der Waals surface area contributed by atoms with Crippen molar-refractivity contribution in [2.24, 2.45) is 5.92 Å². The van der Waals surface area contributed by atoms with Gasteiger partial charge in [-0.15, -0.1) is 0 Å². The van der Waals surface area contributed by atoms with Crippen molar-refractivity contribution in [3.05, 3.63) is 71.3 Å². The Morgan fingerprint density at radius 2 is 1.80 bits per heavy atom. The second-order valence-corrected chi connectivity index (χ2v) is 6.75. The highest BCUT2D eigenvalue weighted by Gasteiger charge is 2.31. The first kappa shape index (κ1) is 17.2. The third kappa shape index (κ3) is 4.69. The van der Waals surface area contributed by atoms with Gasteiger partial charge in [-0.1, -0.05) is 42.5 Å². The van der Waals surface area contributed by atoms with Crippen molar-refractivity contribution in [2.75, 3.05) is 6.54 Å². The molecule has 0 saturated heterocycles. The molecule has 0 unspecified atom stereocenters. The van der Waals surface area contributed by atoms with Crippen LogP contribution in [0.1, 0.15) is 46.7 Å². The minimum Gasteiger partial charge on any atom is -0.478 e. The average molecular weight is 337 g/mol. The highest BCUT2D eigenvalue weighted by atomic mass is 16.4. The van der Waals surface area contributed by atoms with Gasteiger partial charge in [0, 0.05) is 13.0 Å². The Morgan fingerprint density at radius 3 is 2.52 bits per heavy atom. The smallest absolute Gasteiger partial charge is 0.335 e. The van der Waals surface area contributed by atoms with Crippen LogP contribution in [0.5, 0.6) is 0 Å². The van der Waals surface area contributed by atoms with Crippen LogP contribution in [-0.2, 0) is 11.2 Å². The third-order valence-corrected chi connectivity index (χ3v) is 4.89. The number of nitrogens with one attached hydrogen (secondary N) is 1. The fourth-order valence-electron chi connectivity index (χ4n) is 3.44. The minimum absolute atomic E-state index is 0.0888. The first-order valence-electron chi connectivity index (χ1n) is 8.75. The van der Waals surface area contributed by atoms with Gasteiger partial charge < -0.3 is 10.4 Å². The molecule has 0 aromatic heterocycles. The molecule has 0 bridgehead atoms. The largest absolute Gasteiger partial charge is 0.478 e. The summed E-state index contributed by atoms with van der Waals surface area (Å²) < 4.78 is 0. The predicted molar refractivity (Wildman–Crippen MR) is 96.6 cm³/mol. The zero-order valence-electron chi connectivity index (χ0n) is 14.2. The van der Waals surface area contributed by atoms with E-state index in [1.54, 1.807) is 18.2 Å². The van der Waals surface area contributed by atoms with Crippen LogP contribution < -0.4 is 5.32 Å². The van der Waals surface area contributed by atoms with E-state index in [9.17, 15) is 9.59 Å². The van der Waals surface area contributed by atoms with Gasteiger partial charge in [0.25, 0.3) is 0 Å². The molecule has 0 heterocycles. The second kappa shape index (κ2) is 7.97. The summed E-state index contributed by atoms with van der Waals surface area (Å²) >= 11 is 0. The number of carbonyl (C=O) groups excluding carboxylic acids is 1. The van der Waals surface area contributed by atoms with E-state index in [4.69, 9.17) is 5.11 Å². The second-order valence-electron chi connectivity index (χ2n) is 6.75. The van der Waals surface area contributed by atoms with Gasteiger partial charge >= 0.3 is 5.97 Å². The molecule has 1 saturated carbocycles. The van der Waals surface area contributed by atoms with Crippen molar-refractivity contribution >= 4 is 11.9 Å². The SMILES string of the molecule is O=C(CC1CC(c2ccccc2)C1)NCCc1cccc(C(=O)O)c1. The van der Waals surface area contributed by atoms with E-state index in [1.807, 2.05) is 12.1 Å². The zero-order chi connectivity index (χ0) is 17.6. The van der Waals surface area contributed by atoms with E-state index in [-0.39, 0.29) is 11.5 Å². The number of aromatic carboxylic acids is 1. The van der Waals surface area contributed by atoms with Crippen LogP contribution in [0.3, 0.4) is 0 Å². The lowest BCUT2D eigenvalue weighted by atomic mass is 9.70. The number of benzene rings is 2. The number of carboxylic acids is 1. The maximum atomic E-state index is 12.0.